The zero-order valence-corrected chi connectivity index (χ0v) is 14.1. The summed E-state index contributed by atoms with van der Waals surface area (Å²) in [7, 11) is 1.25. The van der Waals surface area contributed by atoms with Crippen LogP contribution in [0.2, 0.25) is 0 Å². The summed E-state index contributed by atoms with van der Waals surface area (Å²) in [6.07, 6.45) is 4.44. The number of aromatic nitrogens is 3. The van der Waals surface area contributed by atoms with Gasteiger partial charge in [0.05, 0.1) is 25.1 Å². The summed E-state index contributed by atoms with van der Waals surface area (Å²) < 4.78 is 16.7. The lowest BCUT2D eigenvalue weighted by Gasteiger charge is -2.07. The molecule has 0 N–H and O–H groups in total. The zero-order chi connectivity index (χ0) is 18.0. The van der Waals surface area contributed by atoms with E-state index in [1.807, 2.05) is 13.8 Å². The van der Waals surface area contributed by atoms with Crippen molar-refractivity contribution in [1.29, 1.82) is 0 Å². The highest BCUT2D eigenvalue weighted by atomic mass is 16.5. The molecule has 0 atom stereocenters. The second-order valence-corrected chi connectivity index (χ2v) is 5.66. The second-order valence-electron chi connectivity index (χ2n) is 5.66. The molecule has 130 valence electrons. The molecule has 0 aromatic carbocycles. The maximum absolute atomic E-state index is 12.2. The van der Waals surface area contributed by atoms with Gasteiger partial charge in [-0.25, -0.2) is 19.3 Å². The van der Waals surface area contributed by atoms with Crippen LogP contribution in [0, 0.1) is 0 Å². The Hall–Kier alpha value is -3.16. The van der Waals surface area contributed by atoms with E-state index in [2.05, 4.69) is 14.8 Å². The predicted octanol–water partition coefficient (Wildman–Crippen LogP) is 2.75. The first kappa shape index (κ1) is 16.7. The van der Waals surface area contributed by atoms with Gasteiger partial charge in [0.15, 0.2) is 5.65 Å². The van der Waals surface area contributed by atoms with Gasteiger partial charge >= 0.3 is 11.9 Å². The molecule has 3 heterocycles. The van der Waals surface area contributed by atoms with Gasteiger partial charge in [0.25, 0.3) is 0 Å². The van der Waals surface area contributed by atoms with E-state index in [9.17, 15) is 9.59 Å². The highest BCUT2D eigenvalue weighted by Crippen LogP contribution is 2.18. The van der Waals surface area contributed by atoms with Gasteiger partial charge in [-0.1, -0.05) is 0 Å². The molecule has 0 fully saturated rings. The molecule has 3 rings (SSSR count). The molecule has 0 aliphatic rings. The maximum Gasteiger partial charge on any atom is 0.374 e. The van der Waals surface area contributed by atoms with E-state index in [4.69, 9.17) is 9.15 Å². The van der Waals surface area contributed by atoms with E-state index in [1.54, 1.807) is 23.0 Å². The van der Waals surface area contributed by atoms with Crippen molar-refractivity contribution in [3.63, 3.8) is 0 Å². The largest absolute Gasteiger partial charge is 0.463 e. The first-order valence-electron chi connectivity index (χ1n) is 7.66. The number of ether oxygens (including phenoxy) is 2. The van der Waals surface area contributed by atoms with Crippen molar-refractivity contribution in [3.8, 4) is 0 Å². The van der Waals surface area contributed by atoms with E-state index in [0.29, 0.717) is 16.8 Å². The van der Waals surface area contributed by atoms with Crippen LogP contribution in [-0.2, 0) is 16.1 Å². The first-order valence-corrected chi connectivity index (χ1v) is 7.66. The number of pyridine rings is 1. The van der Waals surface area contributed by atoms with Crippen LogP contribution in [0.4, 0.5) is 0 Å². The number of nitrogens with zero attached hydrogens (tertiary/aromatic N) is 3. The minimum Gasteiger partial charge on any atom is -0.463 e. The van der Waals surface area contributed by atoms with E-state index in [1.165, 1.54) is 19.6 Å². The average Bonchev–Trinajstić information content (AvgIpc) is 3.24. The van der Waals surface area contributed by atoms with Crippen molar-refractivity contribution in [3.05, 3.63) is 47.7 Å². The normalized spacial score (nSPS) is 11.0. The number of hydrogen-bond donors (Lipinski definition) is 0. The first-order chi connectivity index (χ1) is 12.0. The smallest absolute Gasteiger partial charge is 0.374 e. The van der Waals surface area contributed by atoms with Gasteiger partial charge in [-0.3, -0.25) is 0 Å². The minimum absolute atomic E-state index is 0.0158. The van der Waals surface area contributed by atoms with E-state index in [-0.39, 0.29) is 18.4 Å². The molecule has 0 unspecified atom stereocenters. The maximum atomic E-state index is 12.2. The molecule has 3 aromatic heterocycles. The number of fused-ring (bicyclic) bond motifs is 1. The number of furan rings is 1. The Balaban J connectivity index is 1.75. The second kappa shape index (κ2) is 6.76. The Kier molecular flexibility index (Phi) is 4.51. The Labute approximate surface area is 143 Å². The van der Waals surface area contributed by atoms with Crippen LogP contribution in [0.5, 0.6) is 0 Å². The number of rotatable bonds is 5. The molecule has 0 bridgehead atoms. The van der Waals surface area contributed by atoms with Crippen LogP contribution in [0.1, 0.15) is 46.4 Å². The van der Waals surface area contributed by atoms with Gasteiger partial charge in [-0.05, 0) is 26.0 Å². The van der Waals surface area contributed by atoms with Crippen molar-refractivity contribution in [2.45, 2.75) is 26.5 Å². The fourth-order valence-corrected chi connectivity index (χ4v) is 2.38. The van der Waals surface area contributed by atoms with Gasteiger partial charge in [-0.15, -0.1) is 0 Å². The van der Waals surface area contributed by atoms with Crippen molar-refractivity contribution in [2.75, 3.05) is 7.11 Å². The van der Waals surface area contributed by atoms with Crippen molar-refractivity contribution < 1.29 is 23.5 Å². The van der Waals surface area contributed by atoms with Gasteiger partial charge in [0.2, 0.25) is 5.76 Å². The summed E-state index contributed by atoms with van der Waals surface area (Å²) >= 11 is 0. The monoisotopic (exact) mass is 343 g/mol. The standard InChI is InChI=1S/C17H17N3O5/c1-10(2)20-15-12(8-19-20)6-13(7-18-15)16(21)25-9-11-4-5-24-14(11)17(22)23-3/h4-8,10H,9H2,1-3H3. The summed E-state index contributed by atoms with van der Waals surface area (Å²) in [5, 5.41) is 5.01. The van der Waals surface area contributed by atoms with Crippen LogP contribution >= 0.6 is 0 Å². The summed E-state index contributed by atoms with van der Waals surface area (Å²) in [6, 6.07) is 3.39. The number of carbonyl (C=O) groups is 2. The molecule has 25 heavy (non-hydrogen) atoms. The van der Waals surface area contributed by atoms with Gasteiger partial charge in [0.1, 0.15) is 6.61 Å². The van der Waals surface area contributed by atoms with Gasteiger partial charge in [0, 0.05) is 23.2 Å². The topological polar surface area (TPSA) is 96.5 Å². The summed E-state index contributed by atoms with van der Waals surface area (Å²) in [6.45, 7) is 3.89. The van der Waals surface area contributed by atoms with Gasteiger partial charge < -0.3 is 13.9 Å². The molecular formula is C17H17N3O5. The third-order valence-corrected chi connectivity index (χ3v) is 3.63. The Morgan fingerprint density at radius 2 is 2.08 bits per heavy atom. The molecule has 0 aliphatic heterocycles. The molecule has 8 nitrogen and oxygen atoms in total. The molecule has 0 amide bonds. The molecule has 0 spiro atoms. The molecule has 3 aromatic rings. The number of hydrogen-bond acceptors (Lipinski definition) is 7. The highest BCUT2D eigenvalue weighted by Gasteiger charge is 2.18. The average molecular weight is 343 g/mol. The van der Waals surface area contributed by atoms with E-state index >= 15 is 0 Å². The lowest BCUT2D eigenvalue weighted by molar-refractivity contribution is 0.0453. The van der Waals surface area contributed by atoms with Crippen LogP contribution in [-0.4, -0.2) is 33.8 Å². The fraction of sp³-hybridized carbons (Fsp3) is 0.294. The molecule has 0 radical (unpaired) electrons. The lowest BCUT2D eigenvalue weighted by Crippen LogP contribution is -2.09. The molecule has 0 saturated heterocycles. The molecule has 0 aliphatic carbocycles. The van der Waals surface area contributed by atoms with Crippen LogP contribution in [0.15, 0.2) is 35.2 Å². The van der Waals surface area contributed by atoms with Crippen molar-refractivity contribution >= 4 is 23.0 Å². The molecule has 8 heteroatoms. The minimum atomic E-state index is -0.625. The number of methoxy groups -OCH3 is 1. The molecular weight excluding hydrogens is 326 g/mol. The Bertz CT molecular complexity index is 925. The van der Waals surface area contributed by atoms with E-state index < -0.39 is 11.9 Å². The van der Waals surface area contributed by atoms with Gasteiger partial charge in [-0.2, -0.15) is 5.10 Å². The fourth-order valence-electron chi connectivity index (χ4n) is 2.38. The predicted molar refractivity (Wildman–Crippen MR) is 87.1 cm³/mol. The van der Waals surface area contributed by atoms with Crippen LogP contribution in [0.25, 0.3) is 11.0 Å². The summed E-state index contributed by atoms with van der Waals surface area (Å²) in [4.78, 5) is 28.1. The van der Waals surface area contributed by atoms with E-state index in [0.717, 1.165) is 5.39 Å². The summed E-state index contributed by atoms with van der Waals surface area (Å²) in [5.41, 5.74) is 1.44. The van der Waals surface area contributed by atoms with Crippen molar-refractivity contribution in [1.82, 2.24) is 14.8 Å². The zero-order valence-electron chi connectivity index (χ0n) is 14.1. The SMILES string of the molecule is COC(=O)c1occc1COC(=O)c1cnc2c(cnn2C(C)C)c1. The van der Waals surface area contributed by atoms with Crippen LogP contribution in [0.3, 0.4) is 0 Å². The Morgan fingerprint density at radius 3 is 2.80 bits per heavy atom. The van der Waals surface area contributed by atoms with Crippen LogP contribution < -0.4 is 0 Å². The number of carbonyl (C=O) groups excluding carboxylic acids is 2. The Morgan fingerprint density at radius 1 is 1.28 bits per heavy atom. The molecule has 0 saturated carbocycles. The van der Waals surface area contributed by atoms with Crippen molar-refractivity contribution in [2.24, 2.45) is 0 Å². The quantitative estimate of drug-likeness (QED) is 0.657. The lowest BCUT2D eigenvalue weighted by atomic mass is 10.2. The summed E-state index contributed by atoms with van der Waals surface area (Å²) in [5.74, 6) is -1.16. The third kappa shape index (κ3) is 3.23. The third-order valence-electron chi connectivity index (χ3n) is 3.63. The number of esters is 2. The highest BCUT2D eigenvalue weighted by molar-refractivity contribution is 5.93.